The highest BCUT2D eigenvalue weighted by Crippen LogP contribution is 2.35. The highest BCUT2D eigenvalue weighted by Gasteiger charge is 2.34. The number of carbonyl (C=O) groups excluding carboxylic acids is 1. The zero-order valence-electron chi connectivity index (χ0n) is 21.4. The second-order valence-corrected chi connectivity index (χ2v) is 11.1. The average molecular weight is 549 g/mol. The quantitative estimate of drug-likeness (QED) is 0.217. The van der Waals surface area contributed by atoms with E-state index in [4.69, 9.17) is 9.47 Å². The summed E-state index contributed by atoms with van der Waals surface area (Å²) in [7, 11) is -2.56. The molecule has 0 aromatic heterocycles. The first-order valence-corrected chi connectivity index (χ1v) is 14.7. The van der Waals surface area contributed by atoms with E-state index in [2.05, 4.69) is 11.3 Å². The van der Waals surface area contributed by atoms with Crippen LogP contribution in [0.2, 0.25) is 0 Å². The number of ether oxygens (including phenoxy) is 2. The Morgan fingerprint density at radius 1 is 1.00 bits per heavy atom. The molecular weight excluding hydrogens is 515 g/mol. The van der Waals surface area contributed by atoms with Crippen molar-refractivity contribution in [1.29, 1.82) is 0 Å². The smallest absolute Gasteiger partial charge is 0.284 e. The Labute approximate surface area is 222 Å². The van der Waals surface area contributed by atoms with Crippen LogP contribution in [0.5, 0.6) is 11.5 Å². The predicted molar refractivity (Wildman–Crippen MR) is 146 cm³/mol. The fraction of sp³-hybridized carbons (Fsp3) is 0.407. The number of hydrogen-bond acceptors (Lipinski definition) is 6. The number of amidine groups is 1. The summed E-state index contributed by atoms with van der Waals surface area (Å²) in [6.07, 6.45) is 8.71. The molecule has 0 saturated carbocycles. The maximum Gasteiger partial charge on any atom is 0.284 e. The number of benzene rings is 2. The van der Waals surface area contributed by atoms with Gasteiger partial charge in [0.2, 0.25) is 0 Å². The molecule has 2 aromatic rings. The van der Waals surface area contributed by atoms with Gasteiger partial charge in [0.15, 0.2) is 16.7 Å². The molecule has 200 valence electrons. The van der Waals surface area contributed by atoms with Crippen LogP contribution in [-0.4, -0.2) is 44.7 Å². The second-order valence-electron chi connectivity index (χ2n) is 8.49. The molecule has 1 amide bonds. The van der Waals surface area contributed by atoms with Crippen molar-refractivity contribution in [3.8, 4) is 11.5 Å². The highest BCUT2D eigenvalue weighted by molar-refractivity contribution is 8.19. The van der Waals surface area contributed by atoms with Crippen LogP contribution in [0.15, 0.2) is 56.7 Å². The number of sulfonamides is 1. The summed E-state index contributed by atoms with van der Waals surface area (Å²) in [4.78, 5) is 14.4. The summed E-state index contributed by atoms with van der Waals surface area (Å²) in [5.74, 6) is 0.289. The van der Waals surface area contributed by atoms with E-state index < -0.39 is 15.8 Å². The van der Waals surface area contributed by atoms with Crippen LogP contribution in [0.3, 0.4) is 0 Å². The topological polar surface area (TPSA) is 85.3 Å². The molecule has 37 heavy (non-hydrogen) atoms. The van der Waals surface area contributed by atoms with Gasteiger partial charge in [-0.05, 0) is 73.1 Å². The molecule has 1 aliphatic rings. The lowest BCUT2D eigenvalue weighted by Crippen LogP contribution is -2.29. The van der Waals surface area contributed by atoms with Gasteiger partial charge in [-0.25, -0.2) is 4.39 Å². The van der Waals surface area contributed by atoms with E-state index in [1.807, 2.05) is 6.07 Å². The zero-order chi connectivity index (χ0) is 26.8. The summed E-state index contributed by atoms with van der Waals surface area (Å²) in [5.41, 5.74) is 0.707. The SMILES string of the molecule is CCCCCCCCOc1ccc(/C=C2\S/C(=N/S(=O)(=O)c3ccc(F)cc3)N(CC)C2=O)cc1OC. The van der Waals surface area contributed by atoms with Crippen LogP contribution >= 0.6 is 11.8 Å². The Morgan fingerprint density at radius 3 is 2.38 bits per heavy atom. The number of hydrogen-bond donors (Lipinski definition) is 0. The Morgan fingerprint density at radius 2 is 1.70 bits per heavy atom. The van der Waals surface area contributed by atoms with Crippen LogP contribution in [0.4, 0.5) is 4.39 Å². The predicted octanol–water partition coefficient (Wildman–Crippen LogP) is 6.25. The van der Waals surface area contributed by atoms with E-state index in [9.17, 15) is 17.6 Å². The van der Waals surface area contributed by atoms with Gasteiger partial charge in [-0.2, -0.15) is 8.42 Å². The van der Waals surface area contributed by atoms with Gasteiger partial charge < -0.3 is 9.47 Å². The number of likely N-dealkylation sites (N-methyl/N-ethyl adjacent to an activating group) is 1. The number of nitrogens with zero attached hydrogens (tertiary/aromatic N) is 2. The first kappa shape index (κ1) is 28.7. The summed E-state index contributed by atoms with van der Waals surface area (Å²) in [6, 6.07) is 9.79. The molecule has 0 bridgehead atoms. The minimum absolute atomic E-state index is 0.0499. The third-order valence-electron chi connectivity index (χ3n) is 5.75. The minimum atomic E-state index is -4.11. The van der Waals surface area contributed by atoms with Gasteiger partial charge in [-0.1, -0.05) is 45.1 Å². The number of halogens is 1. The molecule has 0 radical (unpaired) electrons. The number of amides is 1. The van der Waals surface area contributed by atoms with Crippen molar-refractivity contribution >= 4 is 38.9 Å². The van der Waals surface area contributed by atoms with Crippen LogP contribution in [0.25, 0.3) is 6.08 Å². The summed E-state index contributed by atoms with van der Waals surface area (Å²) in [6.45, 7) is 4.78. The van der Waals surface area contributed by atoms with Crippen molar-refractivity contribution in [1.82, 2.24) is 4.90 Å². The van der Waals surface area contributed by atoms with Crippen LogP contribution in [-0.2, 0) is 14.8 Å². The van der Waals surface area contributed by atoms with Crippen molar-refractivity contribution < 1.29 is 27.1 Å². The van der Waals surface area contributed by atoms with Crippen molar-refractivity contribution in [2.45, 2.75) is 57.3 Å². The first-order valence-electron chi connectivity index (χ1n) is 12.4. The number of rotatable bonds is 13. The number of unbranched alkanes of at least 4 members (excludes halogenated alkanes) is 5. The van der Waals surface area contributed by atoms with Crippen LogP contribution < -0.4 is 9.47 Å². The fourth-order valence-corrected chi connectivity index (χ4v) is 5.97. The standard InChI is InChI=1S/C27H33FN2O5S2/c1-4-6-7-8-9-10-17-35-23-16-11-20(18-24(23)34-3)19-25-26(31)30(5-2)27(36-25)29-37(32,33)22-14-12-21(28)13-15-22/h11-16,18-19H,4-10,17H2,1-3H3/b25-19-,29-27+. The minimum Gasteiger partial charge on any atom is -0.493 e. The fourth-order valence-electron chi connectivity index (χ4n) is 3.73. The summed E-state index contributed by atoms with van der Waals surface area (Å²) < 4.78 is 53.9. The van der Waals surface area contributed by atoms with Crippen LogP contribution in [0, 0.1) is 5.82 Å². The van der Waals surface area contributed by atoms with E-state index >= 15 is 0 Å². The van der Waals surface area contributed by atoms with E-state index in [-0.39, 0.29) is 22.5 Å². The molecule has 10 heteroatoms. The molecule has 0 atom stereocenters. The Kier molecular flexibility index (Phi) is 10.6. The molecule has 7 nitrogen and oxygen atoms in total. The third kappa shape index (κ3) is 7.82. The lowest BCUT2D eigenvalue weighted by atomic mass is 10.1. The molecular formula is C27H33FN2O5S2. The highest BCUT2D eigenvalue weighted by atomic mass is 32.2. The van der Waals surface area contributed by atoms with Gasteiger partial charge in [-0.15, -0.1) is 4.40 Å². The number of carbonyl (C=O) groups is 1. The molecule has 1 aliphatic heterocycles. The molecule has 1 heterocycles. The molecule has 0 spiro atoms. The van der Waals surface area contributed by atoms with Gasteiger partial charge in [-0.3, -0.25) is 9.69 Å². The van der Waals surface area contributed by atoms with Gasteiger partial charge >= 0.3 is 0 Å². The Hall–Kier alpha value is -2.85. The van der Waals surface area contributed by atoms with E-state index in [1.54, 1.807) is 32.2 Å². The second kappa shape index (κ2) is 13.6. The van der Waals surface area contributed by atoms with Crippen molar-refractivity contribution in [3.63, 3.8) is 0 Å². The molecule has 1 fully saturated rings. The van der Waals surface area contributed by atoms with Crippen molar-refractivity contribution in [3.05, 3.63) is 58.8 Å². The van der Waals surface area contributed by atoms with Crippen molar-refractivity contribution in [2.24, 2.45) is 4.40 Å². The average Bonchev–Trinajstić information content (AvgIpc) is 3.16. The third-order valence-corrected chi connectivity index (χ3v) is 8.16. The van der Waals surface area contributed by atoms with E-state index in [1.165, 1.54) is 30.6 Å². The molecule has 1 saturated heterocycles. The van der Waals surface area contributed by atoms with Gasteiger partial charge in [0, 0.05) is 6.54 Å². The van der Waals surface area contributed by atoms with Gasteiger partial charge in [0.1, 0.15) is 5.82 Å². The van der Waals surface area contributed by atoms with E-state index in [0.29, 0.717) is 28.6 Å². The van der Waals surface area contributed by atoms with Crippen LogP contribution in [0.1, 0.15) is 57.9 Å². The summed E-state index contributed by atoms with van der Waals surface area (Å²) >= 11 is 0.976. The lowest BCUT2D eigenvalue weighted by Gasteiger charge is -2.12. The monoisotopic (exact) mass is 548 g/mol. The largest absolute Gasteiger partial charge is 0.493 e. The van der Waals surface area contributed by atoms with E-state index in [0.717, 1.165) is 48.9 Å². The zero-order valence-corrected chi connectivity index (χ0v) is 23.0. The maximum atomic E-state index is 13.2. The molecule has 0 unspecified atom stereocenters. The first-order chi connectivity index (χ1) is 17.8. The van der Waals surface area contributed by atoms with Gasteiger partial charge in [0.25, 0.3) is 15.9 Å². The molecule has 2 aromatic carbocycles. The van der Waals surface area contributed by atoms with Crippen molar-refractivity contribution in [2.75, 3.05) is 20.3 Å². The lowest BCUT2D eigenvalue weighted by molar-refractivity contribution is -0.122. The van der Waals surface area contributed by atoms with Gasteiger partial charge in [0.05, 0.1) is 23.5 Å². The molecule has 0 N–H and O–H groups in total. The molecule has 0 aliphatic carbocycles. The Balaban J connectivity index is 1.73. The molecule has 3 rings (SSSR count). The normalized spacial score (nSPS) is 16.1. The maximum absolute atomic E-state index is 13.2. The number of methoxy groups -OCH3 is 1. The number of thioether (sulfide) groups is 1. The Bertz CT molecular complexity index is 1240. The summed E-state index contributed by atoms with van der Waals surface area (Å²) in [5, 5.41) is 0.0499.